The van der Waals surface area contributed by atoms with Crippen LogP contribution in [0.25, 0.3) is 11.0 Å². The van der Waals surface area contributed by atoms with Crippen LogP contribution in [0.3, 0.4) is 0 Å². The van der Waals surface area contributed by atoms with Crippen molar-refractivity contribution in [3.8, 4) is 0 Å². The highest BCUT2D eigenvalue weighted by Gasteiger charge is 2.29. The second-order valence-corrected chi connectivity index (χ2v) is 9.33. The summed E-state index contributed by atoms with van der Waals surface area (Å²) < 4.78 is 4.17. The molecule has 0 saturated heterocycles. The number of rotatable bonds is 5. The van der Waals surface area contributed by atoms with E-state index in [0.29, 0.717) is 18.0 Å². The Morgan fingerprint density at radius 3 is 2.69 bits per heavy atom. The van der Waals surface area contributed by atoms with E-state index in [2.05, 4.69) is 37.7 Å². The van der Waals surface area contributed by atoms with Gasteiger partial charge in [-0.15, -0.1) is 0 Å². The van der Waals surface area contributed by atoms with Crippen LogP contribution in [-0.2, 0) is 6.54 Å². The first-order valence-electron chi connectivity index (χ1n) is 10.8. The Balaban J connectivity index is 1.63. The second kappa shape index (κ2) is 8.61. The molecule has 1 atom stereocenters. The minimum Gasteiger partial charge on any atom is -0.383 e. The largest absolute Gasteiger partial charge is 0.383 e. The zero-order valence-corrected chi connectivity index (χ0v) is 19.9. The Bertz CT molecular complexity index is 1330. The van der Waals surface area contributed by atoms with Crippen molar-refractivity contribution in [3.05, 3.63) is 73.6 Å². The van der Waals surface area contributed by atoms with Gasteiger partial charge < -0.3 is 5.73 Å². The number of fused-ring (bicyclic) bond motifs is 1. The fourth-order valence-electron chi connectivity index (χ4n) is 4.70. The summed E-state index contributed by atoms with van der Waals surface area (Å²) in [6, 6.07) is 9.75. The highest BCUT2D eigenvalue weighted by atomic mass is 127. The van der Waals surface area contributed by atoms with Crippen molar-refractivity contribution in [3.63, 3.8) is 0 Å². The monoisotopic (exact) mass is 541 g/mol. The van der Waals surface area contributed by atoms with Crippen LogP contribution < -0.4 is 11.3 Å². The summed E-state index contributed by atoms with van der Waals surface area (Å²) in [7, 11) is 0. The molecule has 32 heavy (non-hydrogen) atoms. The van der Waals surface area contributed by atoms with Gasteiger partial charge in [0.1, 0.15) is 15.8 Å². The molecular formula is C23H24IN7O. The third kappa shape index (κ3) is 3.68. The van der Waals surface area contributed by atoms with Gasteiger partial charge in [0.2, 0.25) is 0 Å². The number of nitrogens with zero attached hydrogens (tertiary/aromatic N) is 6. The van der Waals surface area contributed by atoms with E-state index >= 15 is 0 Å². The van der Waals surface area contributed by atoms with Crippen LogP contribution in [0.1, 0.15) is 61.3 Å². The van der Waals surface area contributed by atoms with Gasteiger partial charge in [-0.25, -0.2) is 19.3 Å². The van der Waals surface area contributed by atoms with Crippen molar-refractivity contribution in [1.29, 1.82) is 0 Å². The van der Waals surface area contributed by atoms with Crippen molar-refractivity contribution in [2.45, 2.75) is 51.1 Å². The predicted octanol–water partition coefficient (Wildman–Crippen LogP) is 3.89. The lowest BCUT2D eigenvalue weighted by atomic mass is 9.92. The third-order valence-electron chi connectivity index (χ3n) is 6.34. The van der Waals surface area contributed by atoms with Crippen LogP contribution in [-0.4, -0.2) is 29.5 Å². The van der Waals surface area contributed by atoms with Gasteiger partial charge >= 0.3 is 0 Å². The number of anilines is 1. The first-order chi connectivity index (χ1) is 15.5. The standard InChI is InChI=1S/C23H24IN7O/c1-14(31-22-19(20(24)29-31)21(25)26-13-27-22)17-11-28-30(12-15-7-3-2-4-8-15)23(32)18(17)16-9-5-6-10-16/h2-4,7-8,11,13-14,16H,5-6,9-10,12H2,1H3,(H2,25,26,27). The molecule has 8 nitrogen and oxygen atoms in total. The maximum atomic E-state index is 13.7. The molecule has 1 aromatic carbocycles. The SMILES string of the molecule is CC(c1cnn(Cc2ccccc2)c(=O)c1C1CCCC1)n1nc(I)c2c(N)ncnc21. The maximum absolute atomic E-state index is 13.7. The van der Waals surface area contributed by atoms with Crippen molar-refractivity contribution < 1.29 is 0 Å². The molecule has 1 unspecified atom stereocenters. The minimum atomic E-state index is -0.211. The number of benzene rings is 1. The summed E-state index contributed by atoms with van der Waals surface area (Å²) in [5.74, 6) is 0.649. The molecule has 5 rings (SSSR count). The first-order valence-corrected chi connectivity index (χ1v) is 11.9. The van der Waals surface area contributed by atoms with Crippen LogP contribution in [0.15, 0.2) is 47.7 Å². The highest BCUT2D eigenvalue weighted by molar-refractivity contribution is 14.1. The quantitative estimate of drug-likeness (QED) is 0.385. The van der Waals surface area contributed by atoms with Crippen LogP contribution >= 0.6 is 22.6 Å². The van der Waals surface area contributed by atoms with Crippen molar-refractivity contribution in [1.82, 2.24) is 29.5 Å². The lowest BCUT2D eigenvalue weighted by molar-refractivity contribution is 0.535. The number of nitrogens with two attached hydrogens (primary N) is 1. The molecule has 3 aromatic heterocycles. The Labute approximate surface area is 199 Å². The third-order valence-corrected chi connectivity index (χ3v) is 7.10. The maximum Gasteiger partial charge on any atom is 0.270 e. The average Bonchev–Trinajstić information content (AvgIpc) is 3.44. The molecule has 0 amide bonds. The zero-order chi connectivity index (χ0) is 22.2. The number of hydrogen-bond donors (Lipinski definition) is 1. The van der Waals surface area contributed by atoms with Gasteiger partial charge in [-0.3, -0.25) is 4.79 Å². The van der Waals surface area contributed by atoms with Gasteiger partial charge in [-0.05, 0) is 53.8 Å². The smallest absolute Gasteiger partial charge is 0.270 e. The van der Waals surface area contributed by atoms with Gasteiger partial charge in [-0.2, -0.15) is 10.2 Å². The van der Waals surface area contributed by atoms with E-state index < -0.39 is 0 Å². The molecule has 1 aliphatic carbocycles. The zero-order valence-electron chi connectivity index (χ0n) is 17.8. The molecule has 0 bridgehead atoms. The van der Waals surface area contributed by atoms with E-state index in [1.807, 2.05) is 48.1 Å². The Morgan fingerprint density at radius 2 is 1.94 bits per heavy atom. The molecule has 2 N–H and O–H groups in total. The fraction of sp³-hybridized carbons (Fsp3) is 0.348. The Kier molecular flexibility index (Phi) is 5.66. The minimum absolute atomic E-state index is 0.00889. The van der Waals surface area contributed by atoms with Crippen LogP contribution in [0.2, 0.25) is 0 Å². The summed E-state index contributed by atoms with van der Waals surface area (Å²) in [5.41, 5.74) is 9.56. The molecule has 4 aromatic rings. The van der Waals surface area contributed by atoms with Gasteiger partial charge in [-0.1, -0.05) is 43.2 Å². The molecule has 0 aliphatic heterocycles. The molecule has 9 heteroatoms. The van der Waals surface area contributed by atoms with Crippen LogP contribution in [0, 0.1) is 3.70 Å². The summed E-state index contributed by atoms with van der Waals surface area (Å²) in [5, 5.41) is 10.0. The summed E-state index contributed by atoms with van der Waals surface area (Å²) >= 11 is 2.16. The number of halogens is 1. The molecule has 0 radical (unpaired) electrons. The molecule has 0 spiro atoms. The van der Waals surface area contributed by atoms with Crippen molar-refractivity contribution in [2.75, 3.05) is 5.73 Å². The number of hydrogen-bond acceptors (Lipinski definition) is 6. The molecule has 1 saturated carbocycles. The predicted molar refractivity (Wildman–Crippen MR) is 132 cm³/mol. The fourth-order valence-corrected chi connectivity index (χ4v) is 5.45. The van der Waals surface area contributed by atoms with E-state index in [9.17, 15) is 4.79 Å². The van der Waals surface area contributed by atoms with E-state index in [0.717, 1.165) is 51.5 Å². The number of nitrogen functional groups attached to an aromatic ring is 1. The van der Waals surface area contributed by atoms with Crippen molar-refractivity contribution >= 4 is 39.4 Å². The summed E-state index contributed by atoms with van der Waals surface area (Å²) in [6.45, 7) is 2.50. The van der Waals surface area contributed by atoms with Crippen LogP contribution in [0.5, 0.6) is 0 Å². The second-order valence-electron chi connectivity index (χ2n) is 8.31. The molecule has 164 valence electrons. The topological polar surface area (TPSA) is 105 Å². The van der Waals surface area contributed by atoms with Crippen LogP contribution in [0.4, 0.5) is 5.82 Å². The Hall–Kier alpha value is -2.82. The highest BCUT2D eigenvalue weighted by Crippen LogP contribution is 2.37. The normalized spacial score (nSPS) is 15.4. The van der Waals surface area contributed by atoms with Gasteiger partial charge in [0, 0.05) is 11.1 Å². The van der Waals surface area contributed by atoms with E-state index in [4.69, 9.17) is 10.8 Å². The van der Waals surface area contributed by atoms with E-state index in [1.54, 1.807) is 4.68 Å². The summed E-state index contributed by atoms with van der Waals surface area (Å²) in [6.07, 6.45) is 7.63. The van der Waals surface area contributed by atoms with Crippen molar-refractivity contribution in [2.24, 2.45) is 0 Å². The van der Waals surface area contributed by atoms with Gasteiger partial charge in [0.25, 0.3) is 5.56 Å². The van der Waals surface area contributed by atoms with E-state index in [1.165, 1.54) is 6.33 Å². The van der Waals surface area contributed by atoms with Gasteiger partial charge in [0.05, 0.1) is 24.2 Å². The first kappa shape index (κ1) is 21.0. The molecular weight excluding hydrogens is 517 g/mol. The average molecular weight is 541 g/mol. The Morgan fingerprint density at radius 1 is 1.19 bits per heavy atom. The molecule has 1 fully saturated rings. The van der Waals surface area contributed by atoms with Gasteiger partial charge in [0.15, 0.2) is 5.65 Å². The number of aromatic nitrogens is 6. The molecule has 3 heterocycles. The summed E-state index contributed by atoms with van der Waals surface area (Å²) in [4.78, 5) is 22.2. The molecule has 1 aliphatic rings. The van der Waals surface area contributed by atoms with E-state index in [-0.39, 0.29) is 17.5 Å². The lowest BCUT2D eigenvalue weighted by Crippen LogP contribution is -2.31. The lowest BCUT2D eigenvalue weighted by Gasteiger charge is -2.21.